The summed E-state index contributed by atoms with van der Waals surface area (Å²) in [5, 5.41) is 19.9. The minimum Gasteiger partial charge on any atom is -0.476 e. The standard InChI is InChI=1S/C35H30N4O2/c1-22(23-8-4-2-5-9-23)41-34(37-36)29-18-14-25-13-17-28-30(19-15-26-12-16-27(29)32(25)33(26)28)35-39-38-31(20-21-40-35)24-10-6-3-7-11-24/h3-4,6-19,22H,2,5,20-21,36H2,1H3. The summed E-state index contributed by atoms with van der Waals surface area (Å²) in [6, 6.07) is 27.1. The van der Waals surface area contributed by atoms with Crippen LogP contribution in [0.1, 0.15) is 42.9 Å². The lowest BCUT2D eigenvalue weighted by atomic mass is 9.90. The van der Waals surface area contributed by atoms with E-state index >= 15 is 0 Å². The molecule has 7 rings (SSSR count). The highest BCUT2D eigenvalue weighted by Crippen LogP contribution is 2.38. The lowest BCUT2D eigenvalue weighted by Crippen LogP contribution is -2.19. The molecular weight excluding hydrogens is 508 g/mol. The van der Waals surface area contributed by atoms with E-state index < -0.39 is 0 Å². The fourth-order valence-electron chi connectivity index (χ4n) is 5.90. The van der Waals surface area contributed by atoms with Crippen molar-refractivity contribution in [1.29, 1.82) is 0 Å². The Morgan fingerprint density at radius 3 is 2.41 bits per heavy atom. The fourth-order valence-corrected chi connectivity index (χ4v) is 5.90. The molecule has 0 aromatic heterocycles. The molecule has 2 N–H and O–H groups in total. The van der Waals surface area contributed by atoms with Crippen LogP contribution in [-0.4, -0.2) is 30.2 Å². The monoisotopic (exact) mass is 538 g/mol. The summed E-state index contributed by atoms with van der Waals surface area (Å²) in [5.41, 5.74) is 4.91. The van der Waals surface area contributed by atoms with E-state index in [4.69, 9.17) is 15.3 Å². The topological polar surface area (TPSA) is 81.6 Å². The maximum absolute atomic E-state index is 6.35. The predicted molar refractivity (Wildman–Crippen MR) is 168 cm³/mol. The zero-order chi connectivity index (χ0) is 27.8. The summed E-state index contributed by atoms with van der Waals surface area (Å²) in [4.78, 5) is 0. The van der Waals surface area contributed by atoms with Crippen LogP contribution in [0.3, 0.4) is 0 Å². The number of benzene rings is 5. The molecule has 5 aromatic carbocycles. The van der Waals surface area contributed by atoms with E-state index in [1.54, 1.807) is 0 Å². The number of nitrogens with two attached hydrogens (primary N) is 1. The molecule has 0 saturated heterocycles. The number of allylic oxidation sites excluding steroid dienone is 2. The van der Waals surface area contributed by atoms with Gasteiger partial charge in [0.15, 0.2) is 0 Å². The summed E-state index contributed by atoms with van der Waals surface area (Å²) in [5.74, 6) is 6.88. The lowest BCUT2D eigenvalue weighted by molar-refractivity contribution is 0.247. The fraction of sp³-hybridized carbons (Fsp3) is 0.171. The minimum atomic E-state index is -0.161. The van der Waals surface area contributed by atoms with E-state index in [1.165, 1.54) is 0 Å². The Bertz CT molecular complexity index is 1920. The normalized spacial score (nSPS) is 16.7. The van der Waals surface area contributed by atoms with Crippen LogP contribution in [0.15, 0.2) is 118 Å². The summed E-state index contributed by atoms with van der Waals surface area (Å²) in [6.45, 7) is 2.55. The first kappa shape index (κ1) is 25.0. The number of nitrogens with zero attached hydrogens (tertiary/aromatic N) is 3. The Kier molecular flexibility index (Phi) is 6.44. The van der Waals surface area contributed by atoms with Gasteiger partial charge in [-0.15, -0.1) is 10.2 Å². The van der Waals surface area contributed by atoms with Gasteiger partial charge in [0.05, 0.1) is 12.3 Å². The molecule has 0 saturated carbocycles. The molecule has 0 amide bonds. The Labute approximate surface area is 238 Å². The first-order chi connectivity index (χ1) is 20.2. The van der Waals surface area contributed by atoms with Crippen molar-refractivity contribution in [3.8, 4) is 0 Å². The van der Waals surface area contributed by atoms with E-state index in [0.717, 1.165) is 73.1 Å². The van der Waals surface area contributed by atoms with Crippen LogP contribution in [0.2, 0.25) is 0 Å². The molecule has 41 heavy (non-hydrogen) atoms. The van der Waals surface area contributed by atoms with Crippen molar-refractivity contribution in [3.05, 3.63) is 119 Å². The molecule has 0 fully saturated rings. The van der Waals surface area contributed by atoms with E-state index in [9.17, 15) is 0 Å². The van der Waals surface area contributed by atoms with Crippen molar-refractivity contribution in [2.75, 3.05) is 6.61 Å². The second-order valence-electron chi connectivity index (χ2n) is 10.4. The summed E-state index contributed by atoms with van der Waals surface area (Å²) >= 11 is 0. The zero-order valence-corrected chi connectivity index (χ0v) is 22.9. The molecule has 1 atom stereocenters. The Hall–Kier alpha value is -4.97. The van der Waals surface area contributed by atoms with E-state index in [-0.39, 0.29) is 6.10 Å². The molecule has 6 heteroatoms. The molecule has 0 bridgehead atoms. The van der Waals surface area contributed by atoms with Gasteiger partial charge in [-0.2, -0.15) is 5.10 Å². The highest BCUT2D eigenvalue weighted by atomic mass is 16.5. The molecule has 1 unspecified atom stereocenters. The van der Waals surface area contributed by atoms with Crippen molar-refractivity contribution in [2.24, 2.45) is 21.1 Å². The lowest BCUT2D eigenvalue weighted by Gasteiger charge is -2.20. The van der Waals surface area contributed by atoms with Gasteiger partial charge >= 0.3 is 0 Å². The molecule has 5 aromatic rings. The number of hydrogen-bond acceptors (Lipinski definition) is 6. The van der Waals surface area contributed by atoms with Crippen LogP contribution in [0.5, 0.6) is 0 Å². The summed E-state index contributed by atoms with van der Waals surface area (Å²) < 4.78 is 12.5. The number of ether oxygens (including phenoxy) is 2. The van der Waals surface area contributed by atoms with Crippen LogP contribution < -0.4 is 5.84 Å². The van der Waals surface area contributed by atoms with Gasteiger partial charge in [0, 0.05) is 17.5 Å². The molecule has 0 spiro atoms. The van der Waals surface area contributed by atoms with E-state index in [2.05, 4.69) is 88.1 Å². The maximum atomic E-state index is 6.35. The van der Waals surface area contributed by atoms with Gasteiger partial charge in [-0.3, -0.25) is 0 Å². The smallest absolute Gasteiger partial charge is 0.241 e. The quantitative estimate of drug-likeness (QED) is 0.0829. The van der Waals surface area contributed by atoms with Gasteiger partial charge in [0.25, 0.3) is 0 Å². The van der Waals surface area contributed by atoms with Crippen molar-refractivity contribution < 1.29 is 9.47 Å². The first-order valence-corrected chi connectivity index (χ1v) is 14.1. The van der Waals surface area contributed by atoms with Crippen LogP contribution in [0, 0.1) is 0 Å². The SMILES string of the molecule is CC(OC(=NN)c1ccc2ccc3c(C4=NN=C(c5ccccc5)CCO4)ccc4ccc1c2c43)C1=CCCC=C1. The van der Waals surface area contributed by atoms with Gasteiger partial charge in [-0.1, -0.05) is 85.0 Å². The third-order valence-corrected chi connectivity index (χ3v) is 7.97. The molecule has 202 valence electrons. The van der Waals surface area contributed by atoms with Crippen LogP contribution in [0.25, 0.3) is 32.3 Å². The van der Waals surface area contributed by atoms with Crippen molar-refractivity contribution >= 4 is 49.8 Å². The number of hydrogen-bond donors (Lipinski definition) is 1. The van der Waals surface area contributed by atoms with Gasteiger partial charge in [0.1, 0.15) is 6.10 Å². The van der Waals surface area contributed by atoms with Gasteiger partial charge < -0.3 is 15.3 Å². The molecule has 0 radical (unpaired) electrons. The molecule has 1 aliphatic heterocycles. The summed E-state index contributed by atoms with van der Waals surface area (Å²) in [6.07, 6.45) is 9.13. The van der Waals surface area contributed by atoms with Gasteiger partial charge in [-0.25, -0.2) is 0 Å². The van der Waals surface area contributed by atoms with Crippen LogP contribution >= 0.6 is 0 Å². The predicted octanol–water partition coefficient (Wildman–Crippen LogP) is 7.46. The Balaban J connectivity index is 1.33. The zero-order valence-electron chi connectivity index (χ0n) is 22.9. The number of hydrazone groups is 1. The molecular formula is C35H30N4O2. The Morgan fingerprint density at radius 2 is 1.63 bits per heavy atom. The molecule has 1 heterocycles. The second-order valence-corrected chi connectivity index (χ2v) is 10.4. The second kappa shape index (κ2) is 10.5. The molecule has 6 nitrogen and oxygen atoms in total. The minimum absolute atomic E-state index is 0.161. The highest BCUT2D eigenvalue weighted by molar-refractivity contribution is 6.29. The largest absolute Gasteiger partial charge is 0.476 e. The van der Waals surface area contributed by atoms with E-state index in [0.29, 0.717) is 24.8 Å². The maximum Gasteiger partial charge on any atom is 0.241 e. The average Bonchev–Trinajstić information content (AvgIpc) is 3.29. The van der Waals surface area contributed by atoms with Gasteiger partial charge in [-0.05, 0) is 75.4 Å². The van der Waals surface area contributed by atoms with Crippen LogP contribution in [-0.2, 0) is 9.47 Å². The summed E-state index contributed by atoms with van der Waals surface area (Å²) in [7, 11) is 0. The van der Waals surface area contributed by atoms with Crippen molar-refractivity contribution in [2.45, 2.75) is 32.3 Å². The first-order valence-electron chi connectivity index (χ1n) is 14.1. The number of rotatable bonds is 5. The van der Waals surface area contributed by atoms with Crippen LogP contribution in [0.4, 0.5) is 0 Å². The third kappa shape index (κ3) is 4.51. The highest BCUT2D eigenvalue weighted by Gasteiger charge is 2.21. The average molecular weight is 539 g/mol. The van der Waals surface area contributed by atoms with Crippen molar-refractivity contribution in [1.82, 2.24) is 0 Å². The Morgan fingerprint density at radius 1 is 0.878 bits per heavy atom. The third-order valence-electron chi connectivity index (χ3n) is 7.97. The molecule has 1 aliphatic carbocycles. The van der Waals surface area contributed by atoms with Gasteiger partial charge in [0.2, 0.25) is 11.8 Å². The molecule has 2 aliphatic rings. The van der Waals surface area contributed by atoms with Crippen molar-refractivity contribution in [3.63, 3.8) is 0 Å². The van der Waals surface area contributed by atoms with E-state index in [1.807, 2.05) is 31.2 Å².